The van der Waals surface area contributed by atoms with E-state index in [9.17, 15) is 8.78 Å². The van der Waals surface area contributed by atoms with Gasteiger partial charge in [0.05, 0.1) is 0 Å². The summed E-state index contributed by atoms with van der Waals surface area (Å²) in [6, 6.07) is 11.9. The molecular formula is C16H15F2NS. The summed E-state index contributed by atoms with van der Waals surface area (Å²) in [5, 5.41) is 3.19. The first-order chi connectivity index (χ1) is 9.70. The van der Waals surface area contributed by atoms with Gasteiger partial charge in [-0.1, -0.05) is 24.3 Å². The summed E-state index contributed by atoms with van der Waals surface area (Å²) in [7, 11) is 1.82. The van der Waals surface area contributed by atoms with Crippen molar-refractivity contribution < 1.29 is 8.78 Å². The van der Waals surface area contributed by atoms with Gasteiger partial charge in [0.25, 0.3) is 0 Å². The van der Waals surface area contributed by atoms with Crippen molar-refractivity contribution in [1.82, 2.24) is 5.32 Å². The molecule has 104 valence electrons. The van der Waals surface area contributed by atoms with Crippen molar-refractivity contribution in [2.75, 3.05) is 12.8 Å². The van der Waals surface area contributed by atoms with Crippen LogP contribution >= 0.6 is 11.8 Å². The van der Waals surface area contributed by atoms with E-state index in [0.29, 0.717) is 5.56 Å². The summed E-state index contributed by atoms with van der Waals surface area (Å²) in [5.41, 5.74) is 1.76. The molecule has 0 bridgehead atoms. The first kappa shape index (κ1) is 13.6. The zero-order valence-corrected chi connectivity index (χ0v) is 11.9. The summed E-state index contributed by atoms with van der Waals surface area (Å²) in [4.78, 5) is 1.25. The molecule has 0 amide bonds. The molecule has 2 aromatic carbocycles. The second-order valence-corrected chi connectivity index (χ2v) is 5.95. The third-order valence-electron chi connectivity index (χ3n) is 3.75. The van der Waals surface area contributed by atoms with Crippen LogP contribution in [-0.4, -0.2) is 12.8 Å². The van der Waals surface area contributed by atoms with E-state index < -0.39 is 11.6 Å². The van der Waals surface area contributed by atoms with E-state index in [1.165, 1.54) is 22.6 Å². The molecule has 2 unspecified atom stereocenters. The maximum absolute atomic E-state index is 14.0. The average molecular weight is 291 g/mol. The lowest BCUT2D eigenvalue weighted by molar-refractivity contribution is 0.478. The molecule has 0 fully saturated rings. The summed E-state index contributed by atoms with van der Waals surface area (Å²) < 4.78 is 27.1. The topological polar surface area (TPSA) is 12.0 Å². The van der Waals surface area contributed by atoms with Gasteiger partial charge < -0.3 is 5.32 Å². The third-order valence-corrected chi connectivity index (χ3v) is 4.96. The van der Waals surface area contributed by atoms with Crippen molar-refractivity contribution >= 4 is 11.8 Å². The lowest BCUT2D eigenvalue weighted by Crippen LogP contribution is -2.25. The molecule has 2 atom stereocenters. The Labute approximate surface area is 121 Å². The highest BCUT2D eigenvalue weighted by atomic mass is 32.2. The standard InChI is InChI=1S/C16H15F2NS/c1-19-16(12-7-6-10(17)8-14(12)18)13-9-20-15-5-3-2-4-11(13)15/h2-8,13,16,19H,9H2,1H3. The van der Waals surface area contributed by atoms with E-state index in [-0.39, 0.29) is 12.0 Å². The third kappa shape index (κ3) is 2.34. The maximum atomic E-state index is 14.0. The van der Waals surface area contributed by atoms with Crippen molar-refractivity contribution in [1.29, 1.82) is 0 Å². The zero-order valence-electron chi connectivity index (χ0n) is 11.1. The van der Waals surface area contributed by atoms with E-state index >= 15 is 0 Å². The van der Waals surface area contributed by atoms with Crippen molar-refractivity contribution in [3.63, 3.8) is 0 Å². The maximum Gasteiger partial charge on any atom is 0.130 e. The Morgan fingerprint density at radius 2 is 2.00 bits per heavy atom. The van der Waals surface area contributed by atoms with Crippen LogP contribution in [-0.2, 0) is 0 Å². The molecule has 0 saturated carbocycles. The number of thioether (sulfide) groups is 1. The van der Waals surface area contributed by atoms with Crippen LogP contribution in [0.3, 0.4) is 0 Å². The van der Waals surface area contributed by atoms with E-state index in [0.717, 1.165) is 11.8 Å². The number of halogens is 2. The Hall–Kier alpha value is -1.39. The van der Waals surface area contributed by atoms with Gasteiger partial charge in [-0.05, 0) is 24.7 Å². The number of hydrogen-bond donors (Lipinski definition) is 1. The second-order valence-electron chi connectivity index (χ2n) is 4.89. The van der Waals surface area contributed by atoms with E-state index in [2.05, 4.69) is 17.4 Å². The molecule has 3 rings (SSSR count). The van der Waals surface area contributed by atoms with Crippen LogP contribution in [0.1, 0.15) is 23.1 Å². The minimum absolute atomic E-state index is 0.147. The van der Waals surface area contributed by atoms with Crippen LogP contribution in [0.15, 0.2) is 47.4 Å². The molecule has 0 radical (unpaired) electrons. The van der Waals surface area contributed by atoms with Crippen LogP contribution < -0.4 is 5.32 Å². The van der Waals surface area contributed by atoms with Crippen LogP contribution in [0, 0.1) is 11.6 Å². The molecule has 4 heteroatoms. The first-order valence-corrected chi connectivity index (χ1v) is 7.53. The SMILES string of the molecule is CNC(c1ccc(F)cc1F)C1CSc2ccccc21. The van der Waals surface area contributed by atoms with Gasteiger partial charge in [-0.2, -0.15) is 0 Å². The van der Waals surface area contributed by atoms with Gasteiger partial charge in [0, 0.05) is 34.2 Å². The predicted molar refractivity (Wildman–Crippen MR) is 78.1 cm³/mol. The number of nitrogens with one attached hydrogen (secondary N) is 1. The van der Waals surface area contributed by atoms with Crippen LogP contribution in [0.25, 0.3) is 0 Å². The summed E-state index contributed by atoms with van der Waals surface area (Å²) in [6.07, 6.45) is 0. The molecule has 0 aliphatic carbocycles. The molecular weight excluding hydrogens is 276 g/mol. The Morgan fingerprint density at radius 3 is 2.75 bits per heavy atom. The fraction of sp³-hybridized carbons (Fsp3) is 0.250. The Morgan fingerprint density at radius 1 is 1.20 bits per heavy atom. The second kappa shape index (κ2) is 5.54. The molecule has 1 heterocycles. The molecule has 2 aromatic rings. The molecule has 1 nitrogen and oxygen atoms in total. The molecule has 1 N–H and O–H groups in total. The van der Waals surface area contributed by atoms with Gasteiger partial charge in [0.15, 0.2) is 0 Å². The summed E-state index contributed by atoms with van der Waals surface area (Å²) in [6.45, 7) is 0. The fourth-order valence-corrected chi connectivity index (χ4v) is 4.08. The quantitative estimate of drug-likeness (QED) is 0.913. The smallest absolute Gasteiger partial charge is 0.130 e. The minimum atomic E-state index is -0.540. The van der Waals surface area contributed by atoms with Crippen molar-refractivity contribution in [3.8, 4) is 0 Å². The van der Waals surface area contributed by atoms with Crippen LogP contribution in [0.5, 0.6) is 0 Å². The monoisotopic (exact) mass is 291 g/mol. The Kier molecular flexibility index (Phi) is 3.76. The highest BCUT2D eigenvalue weighted by Crippen LogP contribution is 2.45. The first-order valence-electron chi connectivity index (χ1n) is 6.54. The average Bonchev–Trinajstić information content (AvgIpc) is 2.86. The van der Waals surface area contributed by atoms with E-state index in [1.807, 2.05) is 19.2 Å². The van der Waals surface area contributed by atoms with Gasteiger partial charge in [0.2, 0.25) is 0 Å². The Balaban J connectivity index is 1.99. The zero-order chi connectivity index (χ0) is 14.1. The fourth-order valence-electron chi connectivity index (χ4n) is 2.79. The summed E-state index contributed by atoms with van der Waals surface area (Å²) in [5.74, 6) is 0.0731. The highest BCUT2D eigenvalue weighted by molar-refractivity contribution is 7.99. The molecule has 0 saturated heterocycles. The lowest BCUT2D eigenvalue weighted by Gasteiger charge is -2.24. The van der Waals surface area contributed by atoms with Gasteiger partial charge >= 0.3 is 0 Å². The number of rotatable bonds is 3. The van der Waals surface area contributed by atoms with E-state index in [4.69, 9.17) is 0 Å². The van der Waals surface area contributed by atoms with E-state index in [1.54, 1.807) is 11.8 Å². The van der Waals surface area contributed by atoms with Crippen molar-refractivity contribution in [3.05, 3.63) is 65.2 Å². The molecule has 1 aliphatic rings. The Bertz CT molecular complexity index is 630. The minimum Gasteiger partial charge on any atom is -0.312 e. The van der Waals surface area contributed by atoms with Crippen molar-refractivity contribution in [2.24, 2.45) is 0 Å². The highest BCUT2D eigenvalue weighted by Gasteiger charge is 2.31. The molecule has 1 aliphatic heterocycles. The summed E-state index contributed by atoms with van der Waals surface area (Å²) >= 11 is 1.79. The lowest BCUT2D eigenvalue weighted by atomic mass is 9.88. The normalized spacial score (nSPS) is 18.9. The predicted octanol–water partition coefficient (Wildman–Crippen LogP) is 4.11. The largest absolute Gasteiger partial charge is 0.312 e. The number of hydrogen-bond acceptors (Lipinski definition) is 2. The molecule has 20 heavy (non-hydrogen) atoms. The number of benzene rings is 2. The van der Waals surface area contributed by atoms with Gasteiger partial charge in [-0.25, -0.2) is 8.78 Å². The number of fused-ring (bicyclic) bond motifs is 1. The molecule has 0 spiro atoms. The van der Waals surface area contributed by atoms with Crippen LogP contribution in [0.2, 0.25) is 0 Å². The number of likely N-dealkylation sites (N-methyl/N-ethyl adjacent to an activating group) is 1. The van der Waals surface area contributed by atoms with Gasteiger partial charge in [0.1, 0.15) is 11.6 Å². The van der Waals surface area contributed by atoms with Crippen LogP contribution in [0.4, 0.5) is 8.78 Å². The van der Waals surface area contributed by atoms with Crippen molar-refractivity contribution in [2.45, 2.75) is 16.9 Å². The van der Waals surface area contributed by atoms with Gasteiger partial charge in [-0.3, -0.25) is 0 Å². The van der Waals surface area contributed by atoms with Gasteiger partial charge in [-0.15, -0.1) is 11.8 Å². The molecule has 0 aromatic heterocycles.